The maximum Gasteiger partial charge on any atom is 0.417 e. The lowest BCUT2D eigenvalue weighted by Crippen LogP contribution is -2.34. The normalized spacial score (nSPS) is 15.2. The van der Waals surface area contributed by atoms with Crippen LogP contribution >= 0.6 is 0 Å². The largest absolute Gasteiger partial charge is 0.491 e. The van der Waals surface area contributed by atoms with Crippen LogP contribution in [0, 0.1) is 0 Å². The molecular weight excluding hydrogens is 247 g/mol. The summed E-state index contributed by atoms with van der Waals surface area (Å²) >= 11 is 0. The molecule has 1 unspecified atom stereocenters. The van der Waals surface area contributed by atoms with Gasteiger partial charge in [0.2, 0.25) is 0 Å². The van der Waals surface area contributed by atoms with Crippen molar-refractivity contribution in [1.82, 2.24) is 0 Å². The van der Waals surface area contributed by atoms with E-state index in [0.29, 0.717) is 0 Å². The molecule has 0 aliphatic rings. The average molecular weight is 263 g/mol. The van der Waals surface area contributed by atoms with Crippen LogP contribution in [0.2, 0.25) is 0 Å². The summed E-state index contributed by atoms with van der Waals surface area (Å²) in [6, 6.07) is 6.37. The predicted molar refractivity (Wildman–Crippen MR) is 61.2 cm³/mol. The van der Waals surface area contributed by atoms with Crippen molar-refractivity contribution in [3.63, 3.8) is 0 Å². The first-order valence-corrected chi connectivity index (χ1v) is 5.57. The maximum atomic E-state index is 12.0. The lowest BCUT2D eigenvalue weighted by molar-refractivity contribution is -0.210. The number of aliphatic hydroxyl groups is 1. The van der Waals surface area contributed by atoms with Crippen LogP contribution in [-0.2, 0) is 0 Å². The average Bonchev–Trinajstić information content (AvgIpc) is 2.34. The second-order valence-corrected chi connectivity index (χ2v) is 3.95. The van der Waals surface area contributed by atoms with Crippen LogP contribution in [0.4, 0.5) is 13.2 Å². The number of halogens is 3. The molecule has 0 saturated heterocycles. The summed E-state index contributed by atoms with van der Waals surface area (Å²) in [5.41, 5.74) is 6.68. The fourth-order valence-electron chi connectivity index (χ4n) is 1.32. The first kappa shape index (κ1) is 14.8. The van der Waals surface area contributed by atoms with Crippen molar-refractivity contribution >= 4 is 0 Å². The third-order valence-electron chi connectivity index (χ3n) is 2.53. The van der Waals surface area contributed by atoms with Gasteiger partial charge in [-0.1, -0.05) is 19.1 Å². The van der Waals surface area contributed by atoms with Gasteiger partial charge < -0.3 is 15.6 Å². The Morgan fingerprint density at radius 2 is 1.83 bits per heavy atom. The number of hydrogen-bond donors (Lipinski definition) is 2. The van der Waals surface area contributed by atoms with E-state index in [4.69, 9.17) is 15.6 Å². The fourth-order valence-corrected chi connectivity index (χ4v) is 1.32. The van der Waals surface area contributed by atoms with Gasteiger partial charge in [-0.15, -0.1) is 0 Å². The van der Waals surface area contributed by atoms with Crippen LogP contribution in [0.25, 0.3) is 0 Å². The second kappa shape index (κ2) is 6.06. The zero-order valence-electron chi connectivity index (χ0n) is 9.95. The van der Waals surface area contributed by atoms with Gasteiger partial charge in [0.1, 0.15) is 12.4 Å². The van der Waals surface area contributed by atoms with E-state index in [-0.39, 0.29) is 11.8 Å². The number of ether oxygens (including phenoxy) is 1. The number of nitrogens with two attached hydrogens (primary N) is 1. The zero-order valence-corrected chi connectivity index (χ0v) is 9.95. The van der Waals surface area contributed by atoms with E-state index in [9.17, 15) is 13.2 Å². The Kier molecular flexibility index (Phi) is 4.98. The number of hydrogen-bond acceptors (Lipinski definition) is 3. The van der Waals surface area contributed by atoms with E-state index in [1.54, 1.807) is 12.1 Å². The second-order valence-electron chi connectivity index (χ2n) is 3.95. The van der Waals surface area contributed by atoms with Crippen molar-refractivity contribution < 1.29 is 23.0 Å². The van der Waals surface area contributed by atoms with E-state index in [1.807, 2.05) is 6.92 Å². The van der Waals surface area contributed by atoms with Gasteiger partial charge in [0.05, 0.1) is 0 Å². The third-order valence-corrected chi connectivity index (χ3v) is 2.53. The van der Waals surface area contributed by atoms with Crippen molar-refractivity contribution in [2.75, 3.05) is 6.61 Å². The number of alkyl halides is 3. The van der Waals surface area contributed by atoms with E-state index in [2.05, 4.69) is 0 Å². The van der Waals surface area contributed by atoms with Crippen LogP contribution in [-0.4, -0.2) is 24.0 Å². The minimum atomic E-state index is -4.66. The summed E-state index contributed by atoms with van der Waals surface area (Å²) in [6.45, 7) is 1.12. The van der Waals surface area contributed by atoms with E-state index < -0.39 is 18.9 Å². The lowest BCUT2D eigenvalue weighted by Gasteiger charge is -2.15. The molecule has 2 atom stereocenters. The molecule has 18 heavy (non-hydrogen) atoms. The van der Waals surface area contributed by atoms with E-state index >= 15 is 0 Å². The van der Waals surface area contributed by atoms with Gasteiger partial charge >= 0.3 is 6.18 Å². The molecule has 102 valence electrons. The molecule has 0 radical (unpaired) electrons. The molecule has 1 rings (SSSR count). The highest BCUT2D eigenvalue weighted by Gasteiger charge is 2.38. The Morgan fingerprint density at radius 3 is 2.28 bits per heavy atom. The first-order chi connectivity index (χ1) is 8.34. The quantitative estimate of drug-likeness (QED) is 0.857. The molecule has 0 heterocycles. The molecule has 0 aliphatic heterocycles. The molecule has 0 saturated carbocycles. The molecule has 0 bridgehead atoms. The highest BCUT2D eigenvalue weighted by molar-refractivity contribution is 5.29. The van der Waals surface area contributed by atoms with Gasteiger partial charge in [-0.05, 0) is 24.1 Å². The van der Waals surface area contributed by atoms with Crippen molar-refractivity contribution in [2.24, 2.45) is 5.73 Å². The van der Waals surface area contributed by atoms with Gasteiger partial charge in [-0.3, -0.25) is 0 Å². The number of rotatable bonds is 5. The molecule has 6 heteroatoms. The molecule has 0 fully saturated rings. The zero-order chi connectivity index (χ0) is 13.8. The molecular formula is C12H16F3NO2. The summed E-state index contributed by atoms with van der Waals surface area (Å²) in [6.07, 6.45) is -6.37. The molecule has 3 N–H and O–H groups in total. The summed E-state index contributed by atoms with van der Waals surface area (Å²) in [7, 11) is 0. The standard InChI is InChI=1S/C12H16F3NO2/c1-2-10(16)8-3-5-9(6-4-8)18-7-11(17)12(13,14)15/h3-6,10-11,17H,2,7,16H2,1H3/t10-,11?/m1/s1. The monoisotopic (exact) mass is 263 g/mol. The van der Waals surface area contributed by atoms with Crippen molar-refractivity contribution in [3.8, 4) is 5.75 Å². The number of aliphatic hydroxyl groups excluding tert-OH is 1. The predicted octanol–water partition coefficient (Wildman–Crippen LogP) is 2.40. The first-order valence-electron chi connectivity index (χ1n) is 5.57. The summed E-state index contributed by atoms with van der Waals surface area (Å²) in [4.78, 5) is 0. The molecule has 0 spiro atoms. The van der Waals surface area contributed by atoms with Crippen molar-refractivity contribution in [2.45, 2.75) is 31.7 Å². The van der Waals surface area contributed by atoms with Crippen LogP contribution in [0.1, 0.15) is 24.9 Å². The summed E-state index contributed by atoms with van der Waals surface area (Å²) in [5, 5.41) is 8.76. The third kappa shape index (κ3) is 4.19. The van der Waals surface area contributed by atoms with E-state index in [0.717, 1.165) is 12.0 Å². The SMILES string of the molecule is CC[C@@H](N)c1ccc(OCC(O)C(F)(F)F)cc1. The highest BCUT2D eigenvalue weighted by atomic mass is 19.4. The molecule has 0 aromatic heterocycles. The Morgan fingerprint density at radius 1 is 1.28 bits per heavy atom. The Balaban J connectivity index is 2.54. The Bertz CT molecular complexity index is 365. The minimum absolute atomic E-state index is 0.0974. The van der Waals surface area contributed by atoms with Crippen molar-refractivity contribution in [1.29, 1.82) is 0 Å². The van der Waals surface area contributed by atoms with Crippen LogP contribution in [0.3, 0.4) is 0 Å². The minimum Gasteiger partial charge on any atom is -0.491 e. The molecule has 1 aromatic rings. The smallest absolute Gasteiger partial charge is 0.417 e. The number of benzene rings is 1. The lowest BCUT2D eigenvalue weighted by atomic mass is 10.1. The Hall–Kier alpha value is -1.27. The topological polar surface area (TPSA) is 55.5 Å². The van der Waals surface area contributed by atoms with Crippen LogP contribution < -0.4 is 10.5 Å². The van der Waals surface area contributed by atoms with E-state index in [1.165, 1.54) is 12.1 Å². The van der Waals surface area contributed by atoms with Gasteiger partial charge in [-0.25, -0.2) is 0 Å². The van der Waals surface area contributed by atoms with Gasteiger partial charge in [0.15, 0.2) is 6.10 Å². The van der Waals surface area contributed by atoms with Gasteiger partial charge in [-0.2, -0.15) is 13.2 Å². The van der Waals surface area contributed by atoms with Crippen molar-refractivity contribution in [3.05, 3.63) is 29.8 Å². The highest BCUT2D eigenvalue weighted by Crippen LogP contribution is 2.22. The molecule has 3 nitrogen and oxygen atoms in total. The fraction of sp³-hybridized carbons (Fsp3) is 0.500. The summed E-state index contributed by atoms with van der Waals surface area (Å²) in [5.74, 6) is 0.269. The molecule has 1 aromatic carbocycles. The van der Waals surface area contributed by atoms with Crippen LogP contribution in [0.5, 0.6) is 5.75 Å². The van der Waals surface area contributed by atoms with Gasteiger partial charge in [0.25, 0.3) is 0 Å². The summed E-state index contributed by atoms with van der Waals surface area (Å²) < 4.78 is 40.9. The molecule has 0 aliphatic carbocycles. The maximum absolute atomic E-state index is 12.0. The van der Waals surface area contributed by atoms with Gasteiger partial charge in [0, 0.05) is 6.04 Å². The van der Waals surface area contributed by atoms with Crippen LogP contribution in [0.15, 0.2) is 24.3 Å². The molecule has 0 amide bonds. The Labute approximate surface area is 103 Å².